The van der Waals surface area contributed by atoms with Gasteiger partial charge in [0.25, 0.3) is 0 Å². The lowest BCUT2D eigenvalue weighted by molar-refractivity contribution is 0.143. The quantitative estimate of drug-likeness (QED) is 0.917. The zero-order valence-corrected chi connectivity index (χ0v) is 13.4. The van der Waals surface area contributed by atoms with Gasteiger partial charge in [0, 0.05) is 6.54 Å². The van der Waals surface area contributed by atoms with Crippen LogP contribution in [0.1, 0.15) is 24.6 Å². The average Bonchev–Trinajstić information content (AvgIpc) is 2.90. The molecule has 1 aliphatic rings. The van der Waals surface area contributed by atoms with Gasteiger partial charge >= 0.3 is 0 Å². The predicted molar refractivity (Wildman–Crippen MR) is 79.1 cm³/mol. The first-order chi connectivity index (χ1) is 9.35. The molecule has 0 bridgehead atoms. The van der Waals surface area contributed by atoms with Crippen molar-refractivity contribution in [3.8, 4) is 6.07 Å². The summed E-state index contributed by atoms with van der Waals surface area (Å²) in [6.45, 7) is 4.56. The third-order valence-corrected chi connectivity index (χ3v) is 6.72. The van der Waals surface area contributed by atoms with Gasteiger partial charge in [-0.1, -0.05) is 6.92 Å². The second-order valence-corrected chi connectivity index (χ2v) is 8.75. The first-order valence-corrected chi connectivity index (χ1v) is 8.83. The minimum atomic E-state index is -3.50. The smallest absolute Gasteiger partial charge is 0.250 e. The SMILES string of the molecule is CN1CCC(C)(CNS(=O)(=O)c2ccc(C#N)s2)CC1. The lowest BCUT2D eigenvalue weighted by atomic mass is 9.81. The maximum absolute atomic E-state index is 12.2. The highest BCUT2D eigenvalue weighted by molar-refractivity contribution is 7.91. The van der Waals surface area contributed by atoms with E-state index in [1.807, 2.05) is 6.07 Å². The fourth-order valence-corrected chi connectivity index (χ4v) is 4.55. The van der Waals surface area contributed by atoms with E-state index in [2.05, 4.69) is 23.6 Å². The van der Waals surface area contributed by atoms with E-state index >= 15 is 0 Å². The Morgan fingerprint density at radius 2 is 2.10 bits per heavy atom. The van der Waals surface area contributed by atoms with Gasteiger partial charge in [0.1, 0.15) is 15.2 Å². The fourth-order valence-electron chi connectivity index (χ4n) is 2.20. The molecule has 0 aromatic carbocycles. The lowest BCUT2D eigenvalue weighted by Gasteiger charge is -2.37. The molecule has 0 aliphatic carbocycles. The van der Waals surface area contributed by atoms with E-state index in [0.717, 1.165) is 37.3 Å². The second kappa shape index (κ2) is 5.82. The van der Waals surface area contributed by atoms with Crippen LogP contribution in [-0.4, -0.2) is 40.0 Å². The zero-order chi connectivity index (χ0) is 14.8. The highest BCUT2D eigenvalue weighted by Crippen LogP contribution is 2.30. The third kappa shape index (κ3) is 3.58. The van der Waals surface area contributed by atoms with E-state index in [1.165, 1.54) is 12.1 Å². The maximum Gasteiger partial charge on any atom is 0.250 e. The average molecular weight is 313 g/mol. The minimum absolute atomic E-state index is 0.00883. The van der Waals surface area contributed by atoms with Crippen LogP contribution in [0.15, 0.2) is 16.3 Å². The summed E-state index contributed by atoms with van der Waals surface area (Å²) in [5, 5.41) is 8.76. The molecule has 110 valence electrons. The number of thiophene rings is 1. The van der Waals surface area contributed by atoms with Gasteiger partial charge in [-0.3, -0.25) is 0 Å². The molecular formula is C13H19N3O2S2. The van der Waals surface area contributed by atoms with E-state index in [1.54, 1.807) is 0 Å². The normalized spacial score (nSPS) is 19.6. The Bertz CT molecular complexity index is 608. The highest BCUT2D eigenvalue weighted by Gasteiger charge is 2.30. The Hall–Kier alpha value is -0.940. The molecule has 2 heterocycles. The number of hydrogen-bond acceptors (Lipinski definition) is 5. The van der Waals surface area contributed by atoms with Gasteiger partial charge in [-0.05, 0) is 50.5 Å². The van der Waals surface area contributed by atoms with Gasteiger partial charge in [0.15, 0.2) is 0 Å². The molecule has 1 aliphatic heterocycles. The topological polar surface area (TPSA) is 73.2 Å². The van der Waals surface area contributed by atoms with Gasteiger partial charge in [-0.25, -0.2) is 13.1 Å². The molecule has 0 atom stereocenters. The van der Waals surface area contributed by atoms with Crippen LogP contribution in [0.4, 0.5) is 0 Å². The summed E-state index contributed by atoms with van der Waals surface area (Å²) in [6, 6.07) is 4.98. The van der Waals surface area contributed by atoms with Gasteiger partial charge in [-0.15, -0.1) is 11.3 Å². The van der Waals surface area contributed by atoms with Crippen molar-refractivity contribution in [3.05, 3.63) is 17.0 Å². The van der Waals surface area contributed by atoms with Crippen LogP contribution in [0.5, 0.6) is 0 Å². The summed E-state index contributed by atoms with van der Waals surface area (Å²) in [7, 11) is -1.41. The van der Waals surface area contributed by atoms with Gasteiger partial charge in [0.2, 0.25) is 10.0 Å². The van der Waals surface area contributed by atoms with Crippen LogP contribution in [0.25, 0.3) is 0 Å². The molecule has 2 rings (SSSR count). The second-order valence-electron chi connectivity index (χ2n) is 5.67. The van der Waals surface area contributed by atoms with Crippen molar-refractivity contribution in [1.29, 1.82) is 5.26 Å². The summed E-state index contributed by atoms with van der Waals surface area (Å²) < 4.78 is 27.3. The van der Waals surface area contributed by atoms with Crippen LogP contribution in [-0.2, 0) is 10.0 Å². The van der Waals surface area contributed by atoms with Gasteiger partial charge < -0.3 is 4.90 Å². The number of nitriles is 1. The molecule has 1 aromatic rings. The molecule has 5 nitrogen and oxygen atoms in total. The summed E-state index contributed by atoms with van der Waals surface area (Å²) >= 11 is 1.01. The maximum atomic E-state index is 12.2. The van der Waals surface area contributed by atoms with Crippen molar-refractivity contribution in [1.82, 2.24) is 9.62 Å². The molecule has 0 unspecified atom stereocenters. The first kappa shape index (κ1) is 15.4. The van der Waals surface area contributed by atoms with Gasteiger partial charge in [0.05, 0.1) is 0 Å². The van der Waals surface area contributed by atoms with E-state index in [0.29, 0.717) is 11.4 Å². The van der Waals surface area contributed by atoms with Gasteiger partial charge in [-0.2, -0.15) is 5.26 Å². The Balaban J connectivity index is 2.01. The number of nitrogens with one attached hydrogen (secondary N) is 1. The molecule has 0 radical (unpaired) electrons. The van der Waals surface area contributed by atoms with Crippen LogP contribution >= 0.6 is 11.3 Å². The fraction of sp³-hybridized carbons (Fsp3) is 0.615. The number of piperidine rings is 1. The molecular weight excluding hydrogens is 294 g/mol. The summed E-state index contributed by atoms with van der Waals surface area (Å²) in [5.74, 6) is 0. The van der Waals surface area contributed by atoms with Crippen molar-refractivity contribution >= 4 is 21.4 Å². The van der Waals surface area contributed by atoms with E-state index in [-0.39, 0.29) is 9.62 Å². The standard InChI is InChI=1S/C13H19N3O2S2/c1-13(5-7-16(2)8-6-13)10-15-20(17,18)12-4-3-11(9-14)19-12/h3-4,15H,5-8,10H2,1-2H3. The third-order valence-electron chi connectivity index (χ3n) is 3.84. The molecule has 0 spiro atoms. The van der Waals surface area contributed by atoms with E-state index in [9.17, 15) is 8.42 Å². The zero-order valence-electron chi connectivity index (χ0n) is 11.7. The first-order valence-electron chi connectivity index (χ1n) is 6.53. The van der Waals surface area contributed by atoms with Crippen LogP contribution in [0.3, 0.4) is 0 Å². The number of nitrogens with zero attached hydrogens (tertiary/aromatic N) is 2. The Morgan fingerprint density at radius 3 is 2.65 bits per heavy atom. The van der Waals surface area contributed by atoms with Crippen LogP contribution < -0.4 is 4.72 Å². The monoisotopic (exact) mass is 313 g/mol. The summed E-state index contributed by atoms with van der Waals surface area (Å²) in [4.78, 5) is 2.67. The Morgan fingerprint density at radius 1 is 1.45 bits per heavy atom. The van der Waals surface area contributed by atoms with Crippen molar-refractivity contribution in [2.75, 3.05) is 26.7 Å². The van der Waals surface area contributed by atoms with Crippen molar-refractivity contribution < 1.29 is 8.42 Å². The molecule has 7 heteroatoms. The summed E-state index contributed by atoms with van der Waals surface area (Å²) in [5.41, 5.74) is 0.00883. The molecule has 1 N–H and O–H groups in total. The summed E-state index contributed by atoms with van der Waals surface area (Å²) in [6.07, 6.45) is 1.97. The van der Waals surface area contributed by atoms with E-state index in [4.69, 9.17) is 5.26 Å². The molecule has 1 saturated heterocycles. The molecule has 1 aromatic heterocycles. The van der Waals surface area contributed by atoms with Crippen LogP contribution in [0.2, 0.25) is 0 Å². The van der Waals surface area contributed by atoms with Crippen molar-refractivity contribution in [2.45, 2.75) is 24.0 Å². The number of likely N-dealkylation sites (tertiary alicyclic amines) is 1. The minimum Gasteiger partial charge on any atom is -0.306 e. The molecule has 0 amide bonds. The predicted octanol–water partition coefficient (Wildman–Crippen LogP) is 1.63. The van der Waals surface area contributed by atoms with E-state index < -0.39 is 10.0 Å². The molecule has 1 fully saturated rings. The Labute approximate surface area is 124 Å². The lowest BCUT2D eigenvalue weighted by Crippen LogP contribution is -2.43. The Kier molecular flexibility index (Phi) is 4.49. The van der Waals surface area contributed by atoms with Crippen LogP contribution in [0, 0.1) is 16.7 Å². The largest absolute Gasteiger partial charge is 0.306 e. The van der Waals surface area contributed by atoms with Crippen molar-refractivity contribution in [3.63, 3.8) is 0 Å². The number of rotatable bonds is 4. The highest BCUT2D eigenvalue weighted by atomic mass is 32.2. The molecule has 20 heavy (non-hydrogen) atoms. The number of hydrogen-bond donors (Lipinski definition) is 1. The number of sulfonamides is 1. The molecule has 0 saturated carbocycles. The van der Waals surface area contributed by atoms with Crippen molar-refractivity contribution in [2.24, 2.45) is 5.41 Å².